The van der Waals surface area contributed by atoms with E-state index in [1.54, 1.807) is 0 Å². The fourth-order valence-electron chi connectivity index (χ4n) is 2.00. The summed E-state index contributed by atoms with van der Waals surface area (Å²) in [6, 6.07) is 7.66. The zero-order chi connectivity index (χ0) is 12.6. The summed E-state index contributed by atoms with van der Waals surface area (Å²) in [4.78, 5) is 25.2. The van der Waals surface area contributed by atoms with Crippen LogP contribution in [0.5, 0.6) is 0 Å². The minimum absolute atomic E-state index is 0.0672. The first kappa shape index (κ1) is 12.3. The van der Waals surface area contributed by atoms with Crippen molar-refractivity contribution < 1.29 is 9.59 Å². The summed E-state index contributed by atoms with van der Waals surface area (Å²) in [6.07, 6.45) is 0. The standard InChI is InChI=1S/C13H14BrNO2/c1-8-9(2)13(17)15(12(8)16)7-10-4-3-5-11(14)6-10/h3-6,8-9H,7H2,1-2H3. The normalized spacial score (nSPS) is 24.5. The molecule has 4 heteroatoms. The number of hydrogen-bond donors (Lipinski definition) is 0. The van der Waals surface area contributed by atoms with E-state index in [2.05, 4.69) is 15.9 Å². The van der Waals surface area contributed by atoms with Crippen LogP contribution in [-0.2, 0) is 16.1 Å². The quantitative estimate of drug-likeness (QED) is 0.787. The van der Waals surface area contributed by atoms with Crippen LogP contribution in [0.4, 0.5) is 0 Å². The second-order valence-electron chi connectivity index (χ2n) is 4.47. The van der Waals surface area contributed by atoms with Crippen molar-refractivity contribution >= 4 is 27.7 Å². The zero-order valence-electron chi connectivity index (χ0n) is 9.81. The first-order valence-corrected chi connectivity index (χ1v) is 6.39. The first-order chi connectivity index (χ1) is 8.00. The minimum Gasteiger partial charge on any atom is -0.278 e. The number of carbonyl (C=O) groups is 2. The highest BCUT2D eigenvalue weighted by atomic mass is 79.9. The highest BCUT2D eigenvalue weighted by Gasteiger charge is 2.41. The van der Waals surface area contributed by atoms with Crippen molar-refractivity contribution in [3.8, 4) is 0 Å². The van der Waals surface area contributed by atoms with Gasteiger partial charge in [0.1, 0.15) is 0 Å². The Morgan fingerprint density at radius 3 is 2.29 bits per heavy atom. The van der Waals surface area contributed by atoms with Crippen molar-refractivity contribution in [2.75, 3.05) is 0 Å². The van der Waals surface area contributed by atoms with E-state index in [1.165, 1.54) is 4.90 Å². The highest BCUT2D eigenvalue weighted by Crippen LogP contribution is 2.27. The summed E-state index contributed by atoms with van der Waals surface area (Å²) in [5.41, 5.74) is 0.961. The van der Waals surface area contributed by atoms with Gasteiger partial charge in [-0.25, -0.2) is 0 Å². The molecule has 2 unspecified atom stereocenters. The maximum Gasteiger partial charge on any atom is 0.233 e. The Labute approximate surface area is 109 Å². The molecule has 0 aromatic heterocycles. The molecule has 3 nitrogen and oxygen atoms in total. The van der Waals surface area contributed by atoms with Gasteiger partial charge in [-0.3, -0.25) is 14.5 Å². The summed E-state index contributed by atoms with van der Waals surface area (Å²) in [6.45, 7) is 3.99. The molecule has 0 N–H and O–H groups in total. The second-order valence-corrected chi connectivity index (χ2v) is 5.39. The predicted molar refractivity (Wildman–Crippen MR) is 68.0 cm³/mol. The van der Waals surface area contributed by atoms with Gasteiger partial charge in [0.15, 0.2) is 0 Å². The minimum atomic E-state index is -0.199. The maximum atomic E-state index is 11.9. The molecule has 0 spiro atoms. The maximum absolute atomic E-state index is 11.9. The fourth-order valence-corrected chi connectivity index (χ4v) is 2.45. The molecule has 0 aliphatic carbocycles. The smallest absolute Gasteiger partial charge is 0.233 e. The van der Waals surface area contributed by atoms with Crippen LogP contribution in [-0.4, -0.2) is 16.7 Å². The van der Waals surface area contributed by atoms with E-state index in [0.29, 0.717) is 6.54 Å². The number of imide groups is 1. The van der Waals surface area contributed by atoms with Gasteiger partial charge in [-0.2, -0.15) is 0 Å². The molecule has 0 radical (unpaired) electrons. The monoisotopic (exact) mass is 295 g/mol. The van der Waals surface area contributed by atoms with Crippen LogP contribution in [0.3, 0.4) is 0 Å². The van der Waals surface area contributed by atoms with Gasteiger partial charge in [0, 0.05) is 16.3 Å². The molecule has 0 saturated carbocycles. The van der Waals surface area contributed by atoms with Crippen LogP contribution in [0.2, 0.25) is 0 Å². The summed E-state index contributed by atoms with van der Waals surface area (Å²) in [7, 11) is 0. The molecule has 1 aromatic carbocycles. The Kier molecular flexibility index (Phi) is 3.33. The average Bonchev–Trinajstić information content (AvgIpc) is 2.47. The van der Waals surface area contributed by atoms with E-state index >= 15 is 0 Å². The summed E-state index contributed by atoms with van der Waals surface area (Å²) < 4.78 is 0.954. The molecular weight excluding hydrogens is 282 g/mol. The van der Waals surface area contributed by atoms with Crippen molar-refractivity contribution in [2.24, 2.45) is 11.8 Å². The predicted octanol–water partition coefficient (Wildman–Crippen LogP) is 2.59. The lowest BCUT2D eigenvalue weighted by molar-refractivity contribution is -0.140. The lowest BCUT2D eigenvalue weighted by Gasteiger charge is -2.14. The van der Waals surface area contributed by atoms with Crippen LogP contribution >= 0.6 is 15.9 Å². The van der Waals surface area contributed by atoms with Crippen molar-refractivity contribution in [3.63, 3.8) is 0 Å². The lowest BCUT2D eigenvalue weighted by Crippen LogP contribution is -2.30. The van der Waals surface area contributed by atoms with Crippen LogP contribution < -0.4 is 0 Å². The van der Waals surface area contributed by atoms with E-state index in [-0.39, 0.29) is 23.7 Å². The van der Waals surface area contributed by atoms with Crippen LogP contribution in [0.25, 0.3) is 0 Å². The highest BCUT2D eigenvalue weighted by molar-refractivity contribution is 9.10. The van der Waals surface area contributed by atoms with Crippen LogP contribution in [0.15, 0.2) is 28.7 Å². The number of rotatable bonds is 2. The summed E-state index contributed by atoms with van der Waals surface area (Å²) in [5, 5.41) is 0. The molecule has 1 aliphatic heterocycles. The molecule has 1 heterocycles. The van der Waals surface area contributed by atoms with E-state index in [9.17, 15) is 9.59 Å². The van der Waals surface area contributed by atoms with E-state index in [1.807, 2.05) is 38.1 Å². The number of hydrogen-bond acceptors (Lipinski definition) is 2. The fraction of sp³-hybridized carbons (Fsp3) is 0.385. The van der Waals surface area contributed by atoms with Gasteiger partial charge in [-0.15, -0.1) is 0 Å². The van der Waals surface area contributed by atoms with Crippen molar-refractivity contribution in [2.45, 2.75) is 20.4 Å². The molecule has 2 atom stereocenters. The van der Waals surface area contributed by atoms with Crippen LogP contribution in [0.1, 0.15) is 19.4 Å². The topological polar surface area (TPSA) is 37.4 Å². The molecule has 2 amide bonds. The third-order valence-corrected chi connectivity index (χ3v) is 3.78. The number of carbonyl (C=O) groups excluding carboxylic acids is 2. The van der Waals surface area contributed by atoms with E-state index in [4.69, 9.17) is 0 Å². The molecule has 1 saturated heterocycles. The SMILES string of the molecule is CC1C(=O)N(Cc2cccc(Br)c2)C(=O)C1C. The Morgan fingerprint density at radius 2 is 1.76 bits per heavy atom. The van der Waals surface area contributed by atoms with Gasteiger partial charge in [0.25, 0.3) is 0 Å². The van der Waals surface area contributed by atoms with Gasteiger partial charge in [0.2, 0.25) is 11.8 Å². The number of halogens is 1. The van der Waals surface area contributed by atoms with Gasteiger partial charge < -0.3 is 0 Å². The molecule has 1 aliphatic rings. The van der Waals surface area contributed by atoms with Crippen molar-refractivity contribution in [3.05, 3.63) is 34.3 Å². The molecule has 90 valence electrons. The van der Waals surface area contributed by atoms with Crippen molar-refractivity contribution in [1.29, 1.82) is 0 Å². The Bertz CT molecular complexity index is 452. The largest absolute Gasteiger partial charge is 0.278 e. The van der Waals surface area contributed by atoms with E-state index in [0.717, 1.165) is 10.0 Å². The lowest BCUT2D eigenvalue weighted by atomic mass is 10.00. The number of nitrogens with zero attached hydrogens (tertiary/aromatic N) is 1. The zero-order valence-corrected chi connectivity index (χ0v) is 11.4. The van der Waals surface area contributed by atoms with Crippen LogP contribution in [0, 0.1) is 11.8 Å². The van der Waals surface area contributed by atoms with Gasteiger partial charge in [-0.1, -0.05) is 41.9 Å². The molecular formula is C13H14BrNO2. The third-order valence-electron chi connectivity index (χ3n) is 3.29. The average molecular weight is 296 g/mol. The van der Waals surface area contributed by atoms with Gasteiger partial charge >= 0.3 is 0 Å². The first-order valence-electron chi connectivity index (χ1n) is 5.60. The molecule has 1 fully saturated rings. The van der Waals surface area contributed by atoms with E-state index < -0.39 is 0 Å². The Balaban J connectivity index is 2.20. The Hall–Kier alpha value is -1.16. The molecule has 1 aromatic rings. The molecule has 17 heavy (non-hydrogen) atoms. The van der Waals surface area contributed by atoms with Gasteiger partial charge in [0.05, 0.1) is 6.54 Å². The molecule has 0 bridgehead atoms. The number of likely N-dealkylation sites (tertiary alicyclic amines) is 1. The van der Waals surface area contributed by atoms with Crippen molar-refractivity contribution in [1.82, 2.24) is 4.90 Å². The number of amides is 2. The second kappa shape index (κ2) is 4.61. The third kappa shape index (κ3) is 2.27. The summed E-state index contributed by atoms with van der Waals surface area (Å²) >= 11 is 3.38. The summed E-state index contributed by atoms with van der Waals surface area (Å²) in [5.74, 6) is -0.533. The van der Waals surface area contributed by atoms with Gasteiger partial charge in [-0.05, 0) is 17.7 Å². The Morgan fingerprint density at radius 1 is 1.18 bits per heavy atom. The number of benzene rings is 1. The molecule has 2 rings (SSSR count).